The van der Waals surface area contributed by atoms with Gasteiger partial charge in [-0.05, 0) is 61.3 Å². The Bertz CT molecular complexity index is 2500. The van der Waals surface area contributed by atoms with E-state index in [1.807, 2.05) is 78.9 Å². The predicted molar refractivity (Wildman–Crippen MR) is 179 cm³/mol. The fourth-order valence-corrected chi connectivity index (χ4v) is 6.59. The quantitative estimate of drug-likeness (QED) is 0.203. The molecule has 210 valence electrons. The largest absolute Gasteiger partial charge is 1.00 e. The van der Waals surface area contributed by atoms with Gasteiger partial charge in [0.1, 0.15) is 0 Å². The number of pyridine rings is 1. The first-order valence-corrected chi connectivity index (χ1v) is 14.9. The molecule has 0 unspecified atom stereocenters. The molecule has 9 aromatic rings. The second-order valence-electron chi connectivity index (χ2n) is 11.3. The molecule has 0 aliphatic carbocycles. The molecule has 0 saturated heterocycles. The minimum Gasteiger partial charge on any atom is -0.868 e. The van der Waals surface area contributed by atoms with Crippen LogP contribution in [0, 0.1) is 0 Å². The van der Waals surface area contributed by atoms with E-state index < -0.39 is 0 Å². The Labute approximate surface area is 276 Å². The Morgan fingerprint density at radius 1 is 0.435 bits per heavy atom. The molecule has 2 heterocycles. The third-order valence-corrected chi connectivity index (χ3v) is 8.69. The summed E-state index contributed by atoms with van der Waals surface area (Å²) in [7, 11) is 0. The van der Waals surface area contributed by atoms with Crippen LogP contribution < -0.4 is 29.0 Å². The molecule has 2 aromatic heterocycles. The predicted octanol–water partition coefficient (Wildman–Crippen LogP) is 5.48. The summed E-state index contributed by atoms with van der Waals surface area (Å²) in [5.74, 6) is 1.89. The van der Waals surface area contributed by atoms with E-state index in [-0.39, 0.29) is 24.6 Å². The average molecular weight is 584 g/mol. The summed E-state index contributed by atoms with van der Waals surface area (Å²) in [6.07, 6.45) is 1.80. The monoisotopic (exact) mass is 583 g/mol. The van der Waals surface area contributed by atoms with E-state index in [9.17, 15) is 5.11 Å². The third kappa shape index (κ3) is 4.41. The molecule has 7 aromatic carbocycles. The number of benzene rings is 7. The molecule has 0 radical (unpaired) electrons. The molecule has 46 heavy (non-hydrogen) atoms. The smallest absolute Gasteiger partial charge is 0.868 e. The Kier molecular flexibility index (Phi) is 6.72. The van der Waals surface area contributed by atoms with Gasteiger partial charge in [0.2, 0.25) is 5.52 Å². The number of H-pyrrole nitrogens is 1. The van der Waals surface area contributed by atoms with Crippen LogP contribution >= 0.6 is 0 Å². The van der Waals surface area contributed by atoms with E-state index in [2.05, 4.69) is 53.5 Å². The maximum Gasteiger partial charge on any atom is 1.00 e. The zero-order chi connectivity index (χ0) is 29.9. The Morgan fingerprint density at radius 3 is 1.57 bits per heavy atom. The van der Waals surface area contributed by atoms with Crippen molar-refractivity contribution in [1.29, 1.82) is 0 Å². The second kappa shape index (κ2) is 11.1. The standard InChI is InChI=1S/C40H24N4O.Li/c45-34-22-21-29(32-12-7-23-41-37(32)34)28-17-13-24-15-19-31-33(20-16-25-14-18-30(28)35(24)36(25)31)40-43-38(26-8-3-1-4-9-26)42-39(44-40)27-10-5-2-6-11-27;/h1-23,45H;/q;+1. The first-order chi connectivity index (χ1) is 22.2. The molecule has 5 nitrogen and oxygen atoms in total. The number of rotatable bonds is 4. The van der Waals surface area contributed by atoms with Crippen molar-refractivity contribution in [3.05, 3.63) is 140 Å². The van der Waals surface area contributed by atoms with Crippen LogP contribution in [0.5, 0.6) is 5.75 Å². The van der Waals surface area contributed by atoms with Crippen LogP contribution in [-0.4, -0.2) is 15.0 Å². The van der Waals surface area contributed by atoms with Gasteiger partial charge in [0, 0.05) is 22.8 Å². The van der Waals surface area contributed by atoms with Crippen LogP contribution in [0.25, 0.3) is 88.5 Å². The number of fused-ring (bicyclic) bond motifs is 1. The van der Waals surface area contributed by atoms with E-state index in [1.165, 1.54) is 10.8 Å². The summed E-state index contributed by atoms with van der Waals surface area (Å²) < 4.78 is 0. The second-order valence-corrected chi connectivity index (χ2v) is 11.3. The summed E-state index contributed by atoms with van der Waals surface area (Å²) in [5.41, 5.74) is 5.56. The van der Waals surface area contributed by atoms with E-state index in [0.29, 0.717) is 23.0 Å². The molecule has 0 bridgehead atoms. The first kappa shape index (κ1) is 27.9. The van der Waals surface area contributed by atoms with Gasteiger partial charge < -0.3 is 5.11 Å². The fourth-order valence-electron chi connectivity index (χ4n) is 6.59. The van der Waals surface area contributed by atoms with Crippen LogP contribution in [0.3, 0.4) is 0 Å². The number of nitrogens with zero attached hydrogens (tertiary/aromatic N) is 3. The molecule has 0 atom stereocenters. The van der Waals surface area contributed by atoms with E-state index in [4.69, 9.17) is 15.0 Å². The summed E-state index contributed by atoms with van der Waals surface area (Å²) >= 11 is 0. The molecule has 0 spiro atoms. The number of aromatic nitrogens is 4. The van der Waals surface area contributed by atoms with Crippen molar-refractivity contribution in [2.75, 3.05) is 0 Å². The molecule has 0 saturated carbocycles. The Balaban J connectivity index is 0.00000312. The SMILES string of the molecule is [Li+].[O-]c1ccc(-c2ccc3ccc4c(-c5nc(-c6ccccc6)nc(-c6ccccc6)n5)ccc5ccc2c3c54)c2ccc[nH+]c12. The number of hydrogen-bond acceptors (Lipinski definition) is 4. The van der Waals surface area contributed by atoms with Crippen molar-refractivity contribution in [2.24, 2.45) is 0 Å². The minimum absolute atomic E-state index is 0. The Morgan fingerprint density at radius 2 is 0.935 bits per heavy atom. The summed E-state index contributed by atoms with van der Waals surface area (Å²) in [4.78, 5) is 18.1. The summed E-state index contributed by atoms with van der Waals surface area (Å²) in [5, 5.41) is 20.4. The maximum atomic E-state index is 12.7. The molecule has 0 aliphatic heterocycles. The van der Waals surface area contributed by atoms with Crippen LogP contribution in [0.15, 0.2) is 140 Å². The number of nitrogens with one attached hydrogen (secondary N) is 1. The van der Waals surface area contributed by atoms with Crippen LogP contribution in [0.4, 0.5) is 0 Å². The van der Waals surface area contributed by atoms with Gasteiger partial charge in [-0.3, -0.25) is 0 Å². The molecule has 0 fully saturated rings. The zero-order valence-corrected chi connectivity index (χ0v) is 25.0. The normalized spacial score (nSPS) is 11.4. The van der Waals surface area contributed by atoms with Crippen molar-refractivity contribution in [3.8, 4) is 51.0 Å². The van der Waals surface area contributed by atoms with Gasteiger partial charge in [0.05, 0.1) is 5.39 Å². The van der Waals surface area contributed by atoms with Crippen LogP contribution in [-0.2, 0) is 0 Å². The van der Waals surface area contributed by atoms with Crippen molar-refractivity contribution in [1.82, 2.24) is 15.0 Å². The van der Waals surface area contributed by atoms with Gasteiger partial charge in [0.25, 0.3) is 0 Å². The van der Waals surface area contributed by atoms with E-state index >= 15 is 0 Å². The maximum absolute atomic E-state index is 12.7. The topological polar surface area (TPSA) is 75.9 Å². The van der Waals surface area contributed by atoms with Crippen molar-refractivity contribution >= 4 is 43.2 Å². The van der Waals surface area contributed by atoms with E-state index in [0.717, 1.165) is 54.7 Å². The average Bonchev–Trinajstić information content (AvgIpc) is 3.11. The van der Waals surface area contributed by atoms with Crippen LogP contribution in [0.2, 0.25) is 0 Å². The Hall–Kier alpha value is -5.60. The first-order valence-electron chi connectivity index (χ1n) is 14.9. The molecule has 9 rings (SSSR count). The molecule has 1 N–H and O–H groups in total. The summed E-state index contributed by atoms with van der Waals surface area (Å²) in [6.45, 7) is 0. The molecular formula is C40H24LiN4O+. The van der Waals surface area contributed by atoms with Crippen molar-refractivity contribution < 1.29 is 29.0 Å². The van der Waals surface area contributed by atoms with Gasteiger partial charge in [-0.2, -0.15) is 0 Å². The third-order valence-electron chi connectivity index (χ3n) is 8.69. The fraction of sp³-hybridized carbons (Fsp3) is 0. The zero-order valence-electron chi connectivity index (χ0n) is 25.0. The molecule has 6 heteroatoms. The van der Waals surface area contributed by atoms with Crippen LogP contribution in [0.1, 0.15) is 0 Å². The molecular weight excluding hydrogens is 559 g/mol. The van der Waals surface area contributed by atoms with Gasteiger partial charge >= 0.3 is 18.9 Å². The number of aromatic amines is 1. The van der Waals surface area contributed by atoms with Gasteiger partial charge in [-0.1, -0.05) is 115 Å². The van der Waals surface area contributed by atoms with Gasteiger partial charge in [0.15, 0.2) is 23.7 Å². The van der Waals surface area contributed by atoms with Gasteiger partial charge in [-0.15, -0.1) is 0 Å². The van der Waals surface area contributed by atoms with E-state index in [1.54, 1.807) is 12.3 Å². The molecule has 0 aliphatic rings. The van der Waals surface area contributed by atoms with Crippen molar-refractivity contribution in [2.45, 2.75) is 0 Å². The summed E-state index contributed by atoms with van der Waals surface area (Å²) in [6, 6.07) is 45.0. The van der Waals surface area contributed by atoms with Crippen molar-refractivity contribution in [3.63, 3.8) is 0 Å². The minimum atomic E-state index is -0.0150. The number of hydrogen-bond donors (Lipinski definition) is 0. The molecule has 0 amide bonds. The van der Waals surface area contributed by atoms with Gasteiger partial charge in [-0.25, -0.2) is 19.9 Å².